The highest BCUT2D eigenvalue weighted by atomic mass is 16.5. The summed E-state index contributed by atoms with van der Waals surface area (Å²) < 4.78 is 5.42. The maximum absolute atomic E-state index is 12.8. The van der Waals surface area contributed by atoms with Crippen molar-refractivity contribution in [2.24, 2.45) is 0 Å². The average molecular weight is 416 g/mol. The van der Waals surface area contributed by atoms with Crippen LogP contribution in [0.15, 0.2) is 53.6 Å². The third kappa shape index (κ3) is 3.86. The number of amides is 2. The summed E-state index contributed by atoms with van der Waals surface area (Å²) in [6, 6.07) is 13.0. The molecule has 7 nitrogen and oxygen atoms in total. The summed E-state index contributed by atoms with van der Waals surface area (Å²) in [4.78, 5) is 31.4. The third-order valence-electron chi connectivity index (χ3n) is 5.33. The molecular weight excluding hydrogens is 392 g/mol. The highest BCUT2D eigenvalue weighted by molar-refractivity contribution is 6.09. The Bertz CT molecular complexity index is 1140. The van der Waals surface area contributed by atoms with Gasteiger partial charge in [-0.15, -0.1) is 0 Å². The number of carbonyl (C=O) groups is 2. The number of hydrogen-bond donors (Lipinski definition) is 1. The molecule has 1 aromatic heterocycles. The van der Waals surface area contributed by atoms with Crippen LogP contribution < -0.4 is 5.32 Å². The molecule has 7 heteroatoms. The summed E-state index contributed by atoms with van der Waals surface area (Å²) in [6.07, 6.45) is 0.133. The van der Waals surface area contributed by atoms with E-state index in [9.17, 15) is 9.59 Å². The van der Waals surface area contributed by atoms with E-state index in [1.807, 2.05) is 57.2 Å². The van der Waals surface area contributed by atoms with Gasteiger partial charge in [0, 0.05) is 35.7 Å². The van der Waals surface area contributed by atoms with Crippen LogP contribution in [0.3, 0.4) is 0 Å². The minimum atomic E-state index is -0.212. The van der Waals surface area contributed by atoms with E-state index in [1.165, 1.54) is 0 Å². The first-order valence-corrected chi connectivity index (χ1v) is 10.2. The number of para-hydroxylation sites is 1. The fraction of sp³-hybridized carbons (Fsp3) is 0.250. The van der Waals surface area contributed by atoms with Crippen molar-refractivity contribution in [1.29, 1.82) is 0 Å². The van der Waals surface area contributed by atoms with Crippen LogP contribution in [0.1, 0.15) is 53.5 Å². The van der Waals surface area contributed by atoms with Crippen molar-refractivity contribution in [3.05, 3.63) is 71.6 Å². The van der Waals surface area contributed by atoms with Gasteiger partial charge in [-0.3, -0.25) is 9.59 Å². The Morgan fingerprint density at radius 2 is 1.84 bits per heavy atom. The summed E-state index contributed by atoms with van der Waals surface area (Å²) in [5.74, 6) is 0.768. The van der Waals surface area contributed by atoms with E-state index in [1.54, 1.807) is 11.0 Å². The Labute approximate surface area is 180 Å². The van der Waals surface area contributed by atoms with Gasteiger partial charge < -0.3 is 14.7 Å². The molecule has 0 bridgehead atoms. The minimum Gasteiger partial charge on any atom is -0.334 e. The number of aromatic nitrogens is 2. The molecule has 3 aromatic rings. The molecule has 0 saturated carbocycles. The van der Waals surface area contributed by atoms with E-state index in [0.717, 1.165) is 11.1 Å². The van der Waals surface area contributed by atoms with Gasteiger partial charge in [0.2, 0.25) is 5.91 Å². The predicted molar refractivity (Wildman–Crippen MR) is 118 cm³/mol. The maximum atomic E-state index is 12.8. The molecule has 158 valence electrons. The molecular formula is C24H24N4O3. The molecule has 31 heavy (non-hydrogen) atoms. The second-order valence-electron chi connectivity index (χ2n) is 7.86. The number of aryl methyl sites for hydroxylation is 1. The van der Waals surface area contributed by atoms with Crippen LogP contribution in [0.25, 0.3) is 17.2 Å². The number of rotatable bonds is 6. The summed E-state index contributed by atoms with van der Waals surface area (Å²) in [5, 5.41) is 6.97. The van der Waals surface area contributed by atoms with Crippen molar-refractivity contribution in [3.63, 3.8) is 0 Å². The Morgan fingerprint density at radius 1 is 1.13 bits per heavy atom. The van der Waals surface area contributed by atoms with E-state index in [0.29, 0.717) is 34.2 Å². The van der Waals surface area contributed by atoms with Gasteiger partial charge in [0.05, 0.1) is 11.3 Å². The molecule has 2 heterocycles. The first kappa shape index (κ1) is 20.5. The van der Waals surface area contributed by atoms with Crippen molar-refractivity contribution in [2.45, 2.75) is 33.1 Å². The molecule has 2 amide bonds. The number of carbonyl (C=O) groups excluding carboxylic acids is 2. The monoisotopic (exact) mass is 416 g/mol. The number of anilines is 1. The van der Waals surface area contributed by atoms with Gasteiger partial charge in [0.1, 0.15) is 0 Å². The Hall–Kier alpha value is -3.74. The van der Waals surface area contributed by atoms with Crippen molar-refractivity contribution in [1.82, 2.24) is 15.0 Å². The van der Waals surface area contributed by atoms with Gasteiger partial charge in [0.15, 0.2) is 5.82 Å². The molecule has 0 aliphatic carbocycles. The van der Waals surface area contributed by atoms with E-state index >= 15 is 0 Å². The molecule has 2 aromatic carbocycles. The molecule has 1 aliphatic rings. The molecule has 1 aliphatic heterocycles. The molecule has 0 spiro atoms. The number of fused-ring (bicyclic) bond motifs is 1. The van der Waals surface area contributed by atoms with Gasteiger partial charge in [-0.2, -0.15) is 4.98 Å². The van der Waals surface area contributed by atoms with Crippen molar-refractivity contribution in [3.8, 4) is 11.5 Å². The largest absolute Gasteiger partial charge is 0.334 e. The lowest BCUT2D eigenvalue weighted by Crippen LogP contribution is -2.27. The van der Waals surface area contributed by atoms with Crippen molar-refractivity contribution in [2.75, 3.05) is 11.9 Å². The van der Waals surface area contributed by atoms with Crippen LogP contribution in [0, 0.1) is 6.92 Å². The molecule has 0 saturated heterocycles. The van der Waals surface area contributed by atoms with Crippen LogP contribution in [0.5, 0.6) is 0 Å². The summed E-state index contributed by atoms with van der Waals surface area (Å²) in [7, 11) is 0. The van der Waals surface area contributed by atoms with E-state index < -0.39 is 0 Å². The summed E-state index contributed by atoms with van der Waals surface area (Å²) in [5.41, 5.74) is 4.22. The molecule has 0 radical (unpaired) electrons. The maximum Gasteiger partial charge on any atom is 0.260 e. The van der Waals surface area contributed by atoms with Crippen LogP contribution in [-0.4, -0.2) is 33.4 Å². The third-order valence-corrected chi connectivity index (χ3v) is 5.33. The van der Waals surface area contributed by atoms with E-state index in [4.69, 9.17) is 4.52 Å². The van der Waals surface area contributed by atoms with E-state index in [2.05, 4.69) is 22.0 Å². The smallest absolute Gasteiger partial charge is 0.260 e. The highest BCUT2D eigenvalue weighted by Crippen LogP contribution is 2.32. The molecule has 1 N–H and O–H groups in total. The summed E-state index contributed by atoms with van der Waals surface area (Å²) in [6.45, 7) is 10.1. The second-order valence-corrected chi connectivity index (χ2v) is 7.86. The highest BCUT2D eigenvalue weighted by Gasteiger charge is 2.30. The van der Waals surface area contributed by atoms with Gasteiger partial charge in [-0.25, -0.2) is 0 Å². The molecule has 0 unspecified atom stereocenters. The molecule has 4 rings (SSSR count). The number of benzene rings is 2. The minimum absolute atomic E-state index is 0.128. The summed E-state index contributed by atoms with van der Waals surface area (Å²) >= 11 is 0. The van der Waals surface area contributed by atoms with Crippen LogP contribution >= 0.6 is 0 Å². The topological polar surface area (TPSA) is 88.3 Å². The zero-order valence-corrected chi connectivity index (χ0v) is 17.8. The lowest BCUT2D eigenvalue weighted by molar-refractivity contribution is -0.116. The van der Waals surface area contributed by atoms with Gasteiger partial charge >= 0.3 is 0 Å². The standard InChI is InChI=1S/C24H24N4O3/c1-14(2)22-26-23(31-27-22)19-11-7-8-15(3)21(19)25-20(29)12-13-28-16(4)17-9-5-6-10-18(17)24(28)30/h5-11,14H,4,12-13H2,1-3H3,(H,25,29). The quantitative estimate of drug-likeness (QED) is 0.633. The number of nitrogens with one attached hydrogen (secondary N) is 1. The van der Waals surface area contributed by atoms with Crippen molar-refractivity contribution >= 4 is 23.2 Å². The lowest BCUT2D eigenvalue weighted by Gasteiger charge is -2.18. The van der Waals surface area contributed by atoms with Crippen LogP contribution in [-0.2, 0) is 4.79 Å². The average Bonchev–Trinajstić information content (AvgIpc) is 3.33. The first-order chi connectivity index (χ1) is 14.9. The molecule has 0 atom stereocenters. The van der Waals surface area contributed by atoms with Crippen LogP contribution in [0.2, 0.25) is 0 Å². The SMILES string of the molecule is C=C1c2ccccc2C(=O)N1CCC(=O)Nc1c(C)cccc1-c1nc(C(C)C)no1. The Balaban J connectivity index is 1.48. The van der Waals surface area contributed by atoms with Gasteiger partial charge in [-0.1, -0.05) is 55.9 Å². The lowest BCUT2D eigenvalue weighted by atomic mass is 10.1. The predicted octanol–water partition coefficient (Wildman–Crippen LogP) is 4.62. The fourth-order valence-electron chi connectivity index (χ4n) is 3.58. The zero-order valence-electron chi connectivity index (χ0n) is 17.8. The first-order valence-electron chi connectivity index (χ1n) is 10.2. The van der Waals surface area contributed by atoms with Gasteiger partial charge in [0.25, 0.3) is 11.8 Å². The zero-order chi connectivity index (χ0) is 22.1. The normalized spacial score (nSPS) is 13.1. The van der Waals surface area contributed by atoms with Crippen LogP contribution in [0.4, 0.5) is 5.69 Å². The Kier molecular flexibility index (Phi) is 5.42. The Morgan fingerprint density at radius 3 is 2.52 bits per heavy atom. The van der Waals surface area contributed by atoms with Crippen molar-refractivity contribution < 1.29 is 14.1 Å². The van der Waals surface area contributed by atoms with Gasteiger partial charge in [-0.05, 0) is 24.6 Å². The second kappa shape index (κ2) is 8.18. The number of hydrogen-bond acceptors (Lipinski definition) is 5. The number of nitrogens with zero attached hydrogens (tertiary/aromatic N) is 3. The molecule has 0 fully saturated rings. The fourth-order valence-corrected chi connectivity index (χ4v) is 3.58. The van der Waals surface area contributed by atoms with E-state index in [-0.39, 0.29) is 30.7 Å².